The normalized spacial score (nSPS) is 25.7. The predicted octanol–water partition coefficient (Wildman–Crippen LogP) is 3.43. The van der Waals surface area contributed by atoms with Crippen molar-refractivity contribution >= 4 is 40.9 Å². The minimum atomic E-state index is -0.954. The topological polar surface area (TPSA) is 122 Å². The van der Waals surface area contributed by atoms with Gasteiger partial charge in [-0.3, -0.25) is 39.1 Å². The van der Waals surface area contributed by atoms with Crippen LogP contribution in [0.2, 0.25) is 0 Å². The Bertz CT molecular complexity index is 1580. The van der Waals surface area contributed by atoms with E-state index in [1.807, 2.05) is 18.2 Å². The van der Waals surface area contributed by atoms with Crippen molar-refractivity contribution in [3.8, 4) is 0 Å². The monoisotopic (exact) mass is 654 g/mol. The molecule has 2 aromatic carbocycles. The van der Waals surface area contributed by atoms with Gasteiger partial charge in [0.05, 0.1) is 11.1 Å². The van der Waals surface area contributed by atoms with Crippen molar-refractivity contribution in [1.82, 2.24) is 20.4 Å². The van der Waals surface area contributed by atoms with Crippen LogP contribution in [0.1, 0.15) is 89.4 Å². The molecule has 0 aromatic heterocycles. The van der Waals surface area contributed by atoms with Crippen molar-refractivity contribution < 1.29 is 24.0 Å². The number of piperazine rings is 1. The summed E-state index contributed by atoms with van der Waals surface area (Å²) in [5.74, 6) is -0.605. The zero-order valence-corrected chi connectivity index (χ0v) is 27.8. The molecule has 2 N–H and O–H groups in total. The highest BCUT2D eigenvalue weighted by Gasteiger charge is 2.45. The summed E-state index contributed by atoms with van der Waals surface area (Å²) in [6.07, 6.45) is 6.96. The van der Waals surface area contributed by atoms with Gasteiger partial charge in [0.1, 0.15) is 6.04 Å². The molecule has 254 valence electrons. The summed E-state index contributed by atoms with van der Waals surface area (Å²) in [6.45, 7) is 9.03. The van der Waals surface area contributed by atoms with Crippen LogP contribution >= 0.6 is 0 Å². The van der Waals surface area contributed by atoms with Gasteiger partial charge in [-0.05, 0) is 86.4 Å². The number of nitrogens with zero attached hydrogens (tertiary/aromatic N) is 4. The number of amides is 5. The van der Waals surface area contributed by atoms with E-state index in [0.717, 1.165) is 87.6 Å². The number of hydrogen-bond acceptors (Lipinski definition) is 8. The lowest BCUT2D eigenvalue weighted by Gasteiger charge is -2.40. The number of rotatable bonds is 7. The maximum atomic E-state index is 13.3. The van der Waals surface area contributed by atoms with Crippen molar-refractivity contribution in [1.29, 1.82) is 0 Å². The highest BCUT2D eigenvalue weighted by molar-refractivity contribution is 6.23. The standard InChI is InChI=1S/C37H46N6O5/c1-24-3-2-4-27(21-24)38-34(45)26-5-7-28(8-6-26)42-19-17-40(18-20-42)23-25-13-15-41(16-14-25)29-9-10-30-31(22-29)37(48)43(36(30)47)32-11-12-33(44)39-35(32)46/h5-10,22,24-25,27,32H,2-4,11-21,23H2,1H3,(H,38,45)(H,39,44,46)/t24-,27+,32?/m1/s1. The number of imide groups is 2. The zero-order valence-electron chi connectivity index (χ0n) is 27.8. The molecule has 1 unspecified atom stereocenters. The SMILES string of the molecule is C[C@@H]1CCC[C@H](NC(=O)c2ccc(N3CCN(CC4CCN(c5ccc6c(c5)C(=O)N(C5CCC(=O)NC5=O)C6=O)CC4)CC3)cc2)C1. The second-order valence-corrected chi connectivity index (χ2v) is 14.4. The number of anilines is 2. The van der Waals surface area contributed by atoms with Gasteiger partial charge < -0.3 is 15.1 Å². The van der Waals surface area contributed by atoms with Gasteiger partial charge in [-0.2, -0.15) is 0 Å². The molecular weight excluding hydrogens is 608 g/mol. The molecule has 11 nitrogen and oxygen atoms in total. The fourth-order valence-electron chi connectivity index (χ4n) is 8.24. The third kappa shape index (κ3) is 6.70. The molecule has 5 aliphatic rings. The molecule has 11 heteroatoms. The Labute approximate surface area is 282 Å². The van der Waals surface area contributed by atoms with Crippen molar-refractivity contribution in [3.63, 3.8) is 0 Å². The van der Waals surface area contributed by atoms with Crippen molar-refractivity contribution in [2.75, 3.05) is 55.6 Å². The Kier molecular flexibility index (Phi) is 9.22. The number of fused-ring (bicyclic) bond motifs is 1. The van der Waals surface area contributed by atoms with Gasteiger partial charge in [0.15, 0.2) is 0 Å². The van der Waals surface area contributed by atoms with E-state index in [1.54, 1.807) is 12.1 Å². The minimum absolute atomic E-state index is 0.0349. The number of carbonyl (C=O) groups is 5. The Morgan fingerprint density at radius 2 is 1.48 bits per heavy atom. The van der Waals surface area contributed by atoms with Crippen molar-refractivity contribution in [2.24, 2.45) is 11.8 Å². The summed E-state index contributed by atoms with van der Waals surface area (Å²) in [4.78, 5) is 71.4. The van der Waals surface area contributed by atoms with Crippen LogP contribution < -0.4 is 20.4 Å². The lowest BCUT2D eigenvalue weighted by molar-refractivity contribution is -0.136. The number of nitrogens with one attached hydrogen (secondary N) is 2. The van der Waals surface area contributed by atoms with Crippen LogP contribution in [0.4, 0.5) is 11.4 Å². The molecule has 4 heterocycles. The highest BCUT2D eigenvalue weighted by Crippen LogP contribution is 2.32. The Hall–Kier alpha value is -4.25. The third-order valence-corrected chi connectivity index (χ3v) is 11.1. The quantitative estimate of drug-likeness (QED) is 0.436. The fraction of sp³-hybridized carbons (Fsp3) is 0.541. The third-order valence-electron chi connectivity index (χ3n) is 11.1. The smallest absolute Gasteiger partial charge is 0.262 e. The Morgan fingerprint density at radius 1 is 0.792 bits per heavy atom. The van der Waals surface area contributed by atoms with Crippen LogP contribution in [0.25, 0.3) is 0 Å². The maximum Gasteiger partial charge on any atom is 0.262 e. The first-order valence-corrected chi connectivity index (χ1v) is 17.7. The van der Waals surface area contributed by atoms with Gasteiger partial charge in [0.2, 0.25) is 11.8 Å². The van der Waals surface area contributed by atoms with Crippen molar-refractivity contribution in [3.05, 3.63) is 59.2 Å². The van der Waals surface area contributed by atoms with Gasteiger partial charge in [0.25, 0.3) is 17.7 Å². The molecule has 7 rings (SSSR count). The second-order valence-electron chi connectivity index (χ2n) is 14.4. The average Bonchev–Trinajstić information content (AvgIpc) is 3.34. The van der Waals surface area contributed by atoms with Crippen LogP contribution in [0, 0.1) is 11.8 Å². The van der Waals surface area contributed by atoms with E-state index < -0.39 is 23.8 Å². The van der Waals surface area contributed by atoms with Gasteiger partial charge in [-0.15, -0.1) is 0 Å². The average molecular weight is 655 g/mol. The molecule has 1 saturated carbocycles. The lowest BCUT2D eigenvalue weighted by Crippen LogP contribution is -2.54. The fourth-order valence-corrected chi connectivity index (χ4v) is 8.24. The molecule has 3 saturated heterocycles. The summed E-state index contributed by atoms with van der Waals surface area (Å²) in [6, 6.07) is 12.8. The van der Waals surface area contributed by atoms with Gasteiger partial charge in [-0.25, -0.2) is 0 Å². The molecule has 1 aliphatic carbocycles. The highest BCUT2D eigenvalue weighted by atomic mass is 16.2. The molecule has 3 atom stereocenters. The molecular formula is C37H46N6O5. The number of hydrogen-bond donors (Lipinski definition) is 2. The first kappa shape index (κ1) is 32.3. The lowest BCUT2D eigenvalue weighted by atomic mass is 9.87. The Morgan fingerprint density at radius 3 is 2.19 bits per heavy atom. The molecule has 0 bridgehead atoms. The van der Waals surface area contributed by atoms with Gasteiger partial charge in [0, 0.05) is 75.2 Å². The van der Waals surface area contributed by atoms with E-state index in [4.69, 9.17) is 0 Å². The first-order valence-electron chi connectivity index (χ1n) is 17.7. The Balaban J connectivity index is 0.867. The van der Waals surface area contributed by atoms with E-state index in [9.17, 15) is 24.0 Å². The van der Waals surface area contributed by atoms with Crippen molar-refractivity contribution in [2.45, 2.75) is 70.4 Å². The predicted molar refractivity (Wildman–Crippen MR) is 182 cm³/mol. The van der Waals surface area contributed by atoms with E-state index in [0.29, 0.717) is 23.0 Å². The first-order chi connectivity index (χ1) is 23.2. The molecule has 48 heavy (non-hydrogen) atoms. The minimum Gasteiger partial charge on any atom is -0.371 e. The molecule has 4 aliphatic heterocycles. The van der Waals surface area contributed by atoms with Crippen LogP contribution in [0.3, 0.4) is 0 Å². The second kappa shape index (κ2) is 13.7. The number of carbonyl (C=O) groups excluding carboxylic acids is 5. The summed E-state index contributed by atoms with van der Waals surface area (Å²) in [7, 11) is 0. The molecule has 4 fully saturated rings. The van der Waals surface area contributed by atoms with Crippen LogP contribution in [-0.4, -0.2) is 97.2 Å². The van der Waals surface area contributed by atoms with Gasteiger partial charge >= 0.3 is 0 Å². The summed E-state index contributed by atoms with van der Waals surface area (Å²) >= 11 is 0. The van der Waals surface area contributed by atoms with E-state index in [1.165, 1.54) is 18.5 Å². The zero-order chi connectivity index (χ0) is 33.4. The van der Waals surface area contributed by atoms with Gasteiger partial charge in [-0.1, -0.05) is 19.8 Å². The summed E-state index contributed by atoms with van der Waals surface area (Å²) in [5, 5.41) is 5.49. The van der Waals surface area contributed by atoms with E-state index >= 15 is 0 Å². The maximum absolute atomic E-state index is 13.3. The molecule has 0 radical (unpaired) electrons. The largest absolute Gasteiger partial charge is 0.371 e. The summed E-state index contributed by atoms with van der Waals surface area (Å²) in [5.41, 5.74) is 3.46. The molecule has 2 aromatic rings. The summed E-state index contributed by atoms with van der Waals surface area (Å²) < 4.78 is 0. The number of benzene rings is 2. The number of piperidine rings is 2. The van der Waals surface area contributed by atoms with Crippen LogP contribution in [-0.2, 0) is 9.59 Å². The van der Waals surface area contributed by atoms with Crippen LogP contribution in [0.15, 0.2) is 42.5 Å². The van der Waals surface area contributed by atoms with Crippen LogP contribution in [0.5, 0.6) is 0 Å². The van der Waals surface area contributed by atoms with E-state index in [2.05, 4.69) is 44.4 Å². The molecule has 5 amide bonds. The molecule has 0 spiro atoms. The van der Waals surface area contributed by atoms with E-state index in [-0.39, 0.29) is 30.7 Å².